The maximum atomic E-state index is 12.1. The van der Waals surface area contributed by atoms with Crippen LogP contribution in [0.5, 0.6) is 5.75 Å². The van der Waals surface area contributed by atoms with Crippen LogP contribution in [-0.4, -0.2) is 34.4 Å². The van der Waals surface area contributed by atoms with E-state index in [1.807, 2.05) is 31.2 Å². The molecule has 0 aromatic heterocycles. The molecule has 3 atom stereocenters. The van der Waals surface area contributed by atoms with Crippen molar-refractivity contribution in [2.45, 2.75) is 50.4 Å². The monoisotopic (exact) mass is 338 g/mol. The molecule has 0 bridgehead atoms. The first-order valence-electron chi connectivity index (χ1n) is 8.17. The molecule has 0 saturated heterocycles. The van der Waals surface area contributed by atoms with Gasteiger partial charge < -0.3 is 15.4 Å². The van der Waals surface area contributed by atoms with Gasteiger partial charge in [0.15, 0.2) is 0 Å². The van der Waals surface area contributed by atoms with Crippen molar-refractivity contribution in [1.29, 1.82) is 0 Å². The fourth-order valence-corrected chi connectivity index (χ4v) is 4.36. The molecule has 1 aromatic rings. The van der Waals surface area contributed by atoms with E-state index in [4.69, 9.17) is 4.74 Å². The maximum absolute atomic E-state index is 12.1. The minimum Gasteiger partial charge on any atom is -0.496 e. The summed E-state index contributed by atoms with van der Waals surface area (Å²) >= 11 is 0. The zero-order valence-electron chi connectivity index (χ0n) is 13.8. The number of carbonyl (C=O) groups excluding carboxylic acids is 1. The molecule has 0 heterocycles. The second kappa shape index (κ2) is 8.91. The summed E-state index contributed by atoms with van der Waals surface area (Å²) in [5, 5.41) is 6.10. The van der Waals surface area contributed by atoms with Gasteiger partial charge in [0.05, 0.1) is 7.11 Å². The van der Waals surface area contributed by atoms with Gasteiger partial charge in [0.25, 0.3) is 0 Å². The van der Waals surface area contributed by atoms with Crippen molar-refractivity contribution in [2.75, 3.05) is 12.9 Å². The van der Waals surface area contributed by atoms with Crippen molar-refractivity contribution in [1.82, 2.24) is 10.6 Å². The minimum atomic E-state index is -0.775. The Morgan fingerprint density at radius 2 is 2.13 bits per heavy atom. The molecule has 2 rings (SSSR count). The normalized spacial score (nSPS) is 22.2. The number of nitrogens with one attached hydrogen (secondary N) is 2. The molecule has 0 radical (unpaired) electrons. The van der Waals surface area contributed by atoms with E-state index >= 15 is 0 Å². The molecule has 5 nitrogen and oxygen atoms in total. The fraction of sp³-hybridized carbons (Fsp3) is 0.588. The molecule has 2 amide bonds. The second-order valence-corrected chi connectivity index (χ2v) is 7.80. The zero-order valence-corrected chi connectivity index (χ0v) is 14.7. The van der Waals surface area contributed by atoms with E-state index in [0.29, 0.717) is 12.3 Å². The largest absolute Gasteiger partial charge is 0.496 e. The molecule has 0 unspecified atom stereocenters. The number of methoxy groups -OCH3 is 1. The van der Waals surface area contributed by atoms with Crippen molar-refractivity contribution < 1.29 is 13.7 Å². The van der Waals surface area contributed by atoms with Crippen LogP contribution in [0.4, 0.5) is 4.79 Å². The summed E-state index contributed by atoms with van der Waals surface area (Å²) in [7, 11) is 0.845. The van der Waals surface area contributed by atoms with Crippen LogP contribution in [-0.2, 0) is 17.3 Å². The first-order valence-corrected chi connectivity index (χ1v) is 9.55. The number of urea groups is 1. The highest BCUT2D eigenvalue weighted by atomic mass is 32.2. The van der Waals surface area contributed by atoms with Crippen LogP contribution in [0.3, 0.4) is 0 Å². The van der Waals surface area contributed by atoms with Gasteiger partial charge >= 0.3 is 6.03 Å². The van der Waals surface area contributed by atoms with E-state index in [9.17, 15) is 9.00 Å². The minimum absolute atomic E-state index is 0.113. The van der Waals surface area contributed by atoms with Crippen molar-refractivity contribution in [3.8, 4) is 5.75 Å². The number of hydrogen-bond donors (Lipinski definition) is 2. The third-order valence-corrected chi connectivity index (χ3v) is 5.99. The van der Waals surface area contributed by atoms with E-state index in [0.717, 1.165) is 37.0 Å². The number of hydrogen-bond acceptors (Lipinski definition) is 3. The van der Waals surface area contributed by atoms with Crippen LogP contribution in [0.2, 0.25) is 0 Å². The highest BCUT2D eigenvalue weighted by Crippen LogP contribution is 2.23. The molecular formula is C17H26N2O3S. The first-order chi connectivity index (χ1) is 11.1. The van der Waals surface area contributed by atoms with Crippen molar-refractivity contribution >= 4 is 16.8 Å². The van der Waals surface area contributed by atoms with Gasteiger partial charge in [-0.05, 0) is 25.3 Å². The Hall–Kier alpha value is -1.56. The van der Waals surface area contributed by atoms with Gasteiger partial charge in [-0.15, -0.1) is 0 Å². The average Bonchev–Trinajstić information content (AvgIpc) is 2.59. The van der Waals surface area contributed by atoms with Crippen LogP contribution < -0.4 is 15.4 Å². The van der Waals surface area contributed by atoms with Crippen molar-refractivity contribution in [2.24, 2.45) is 0 Å². The molecule has 2 N–H and O–H groups in total. The molecule has 128 valence electrons. The fourth-order valence-electron chi connectivity index (χ4n) is 3.01. The zero-order chi connectivity index (χ0) is 16.7. The summed E-state index contributed by atoms with van der Waals surface area (Å²) in [6.45, 7) is 2.37. The van der Waals surface area contributed by atoms with Gasteiger partial charge in [0.2, 0.25) is 0 Å². The molecular weight excluding hydrogens is 312 g/mol. The standard InChI is InChI=1S/C17H26N2O3S/c1-3-23(21)15-9-6-8-14(11-15)19-17(20)18-12-13-7-4-5-10-16(13)22-2/h4-5,7,10,14-15H,3,6,8-9,11-12H2,1-2H3,(H2,18,19,20)/t14-,15+,23-/m0/s1. The van der Waals surface area contributed by atoms with Gasteiger partial charge in [0, 0.05) is 40.0 Å². The summed E-state index contributed by atoms with van der Waals surface area (Å²) in [6.07, 6.45) is 3.79. The average molecular weight is 338 g/mol. The van der Waals surface area contributed by atoms with Crippen LogP contribution in [0.15, 0.2) is 24.3 Å². The quantitative estimate of drug-likeness (QED) is 0.838. The van der Waals surface area contributed by atoms with Crippen LogP contribution in [0, 0.1) is 0 Å². The SMILES string of the molecule is CC[S@](=O)[C@@H]1CCC[C@H](NC(=O)NCc2ccccc2OC)C1. The molecule has 1 aliphatic carbocycles. The molecule has 6 heteroatoms. The lowest BCUT2D eigenvalue weighted by atomic mass is 9.95. The van der Waals surface area contributed by atoms with E-state index in [-0.39, 0.29) is 17.3 Å². The number of benzene rings is 1. The topological polar surface area (TPSA) is 67.4 Å². The van der Waals surface area contributed by atoms with E-state index in [1.165, 1.54) is 0 Å². The number of amides is 2. The Morgan fingerprint density at radius 1 is 1.35 bits per heavy atom. The Morgan fingerprint density at radius 3 is 2.87 bits per heavy atom. The Labute approximate surface area is 140 Å². The lowest BCUT2D eigenvalue weighted by Gasteiger charge is -2.29. The van der Waals surface area contributed by atoms with E-state index in [2.05, 4.69) is 10.6 Å². The second-order valence-electron chi connectivity index (χ2n) is 5.79. The van der Waals surface area contributed by atoms with Gasteiger partial charge in [-0.2, -0.15) is 0 Å². The molecule has 0 spiro atoms. The van der Waals surface area contributed by atoms with Gasteiger partial charge in [-0.25, -0.2) is 4.79 Å². The molecule has 1 fully saturated rings. The molecule has 1 aromatic carbocycles. The molecule has 1 aliphatic rings. The Bertz CT molecular complexity index is 550. The Kier molecular flexibility index (Phi) is 6.89. The summed E-state index contributed by atoms with van der Waals surface area (Å²) < 4.78 is 17.2. The summed E-state index contributed by atoms with van der Waals surface area (Å²) in [5.41, 5.74) is 0.943. The third-order valence-electron chi connectivity index (χ3n) is 4.25. The smallest absolute Gasteiger partial charge is 0.315 e. The maximum Gasteiger partial charge on any atom is 0.315 e. The van der Waals surface area contributed by atoms with Gasteiger partial charge in [-0.3, -0.25) is 4.21 Å². The van der Waals surface area contributed by atoms with E-state index in [1.54, 1.807) is 7.11 Å². The predicted octanol–water partition coefficient (Wildman–Crippen LogP) is 2.57. The number of carbonyl (C=O) groups is 1. The van der Waals surface area contributed by atoms with Gasteiger partial charge in [-0.1, -0.05) is 31.5 Å². The van der Waals surface area contributed by atoms with E-state index < -0.39 is 10.8 Å². The predicted molar refractivity (Wildman–Crippen MR) is 93.1 cm³/mol. The lowest BCUT2D eigenvalue weighted by molar-refractivity contribution is 0.232. The van der Waals surface area contributed by atoms with Crippen molar-refractivity contribution in [3.63, 3.8) is 0 Å². The molecule has 23 heavy (non-hydrogen) atoms. The highest BCUT2D eigenvalue weighted by molar-refractivity contribution is 7.85. The molecule has 1 saturated carbocycles. The Balaban J connectivity index is 1.81. The first kappa shape index (κ1) is 17.8. The lowest BCUT2D eigenvalue weighted by Crippen LogP contribution is -2.45. The third kappa shape index (κ3) is 5.23. The summed E-state index contributed by atoms with van der Waals surface area (Å²) in [5.74, 6) is 1.46. The number of para-hydroxylation sites is 1. The highest BCUT2D eigenvalue weighted by Gasteiger charge is 2.26. The van der Waals surface area contributed by atoms with Crippen molar-refractivity contribution in [3.05, 3.63) is 29.8 Å². The van der Waals surface area contributed by atoms with Crippen LogP contribution >= 0.6 is 0 Å². The molecule has 0 aliphatic heterocycles. The number of ether oxygens (including phenoxy) is 1. The van der Waals surface area contributed by atoms with Gasteiger partial charge in [0.1, 0.15) is 5.75 Å². The van der Waals surface area contributed by atoms with Crippen LogP contribution in [0.25, 0.3) is 0 Å². The van der Waals surface area contributed by atoms with Crippen LogP contribution in [0.1, 0.15) is 38.2 Å². The number of rotatable bonds is 6. The summed E-state index contributed by atoms with van der Waals surface area (Å²) in [6, 6.07) is 7.56. The summed E-state index contributed by atoms with van der Waals surface area (Å²) in [4.78, 5) is 12.1.